The van der Waals surface area contributed by atoms with Crippen LogP contribution in [0, 0.1) is 0 Å². The minimum atomic E-state index is 0.714. The van der Waals surface area contributed by atoms with Gasteiger partial charge in [-0.05, 0) is 29.7 Å². The molecule has 0 radical (unpaired) electrons. The zero-order chi connectivity index (χ0) is 13.7. The van der Waals surface area contributed by atoms with Gasteiger partial charge in [0.25, 0.3) is 0 Å². The highest BCUT2D eigenvalue weighted by Gasteiger charge is 2.01. The van der Waals surface area contributed by atoms with Gasteiger partial charge in [-0.2, -0.15) is 0 Å². The first-order chi connectivity index (χ1) is 9.19. The van der Waals surface area contributed by atoms with Gasteiger partial charge < -0.3 is 5.32 Å². The van der Waals surface area contributed by atoms with E-state index < -0.39 is 0 Å². The third-order valence-corrected chi connectivity index (χ3v) is 3.62. The number of rotatable bonds is 4. The van der Waals surface area contributed by atoms with E-state index in [0.29, 0.717) is 6.54 Å². The third-order valence-electron chi connectivity index (χ3n) is 2.99. The molecule has 98 valence electrons. The van der Waals surface area contributed by atoms with Crippen LogP contribution < -0.4 is 5.32 Å². The zero-order valence-corrected chi connectivity index (χ0v) is 12.4. The van der Waals surface area contributed by atoms with Crippen molar-refractivity contribution in [2.75, 3.05) is 0 Å². The van der Waals surface area contributed by atoms with E-state index in [1.54, 1.807) is 0 Å². The smallest absolute Gasteiger partial charge is 0.106 e. The molecular formula is C16H16ClNS. The standard InChI is InChI=1S/C16H16ClNS/c1-2-12-3-7-14(8-4-12)16(19)18-11-13-5-9-15(17)10-6-13/h3-10H,2,11H2,1H3,(H,18,19). The van der Waals surface area contributed by atoms with Crippen molar-refractivity contribution in [3.63, 3.8) is 0 Å². The SMILES string of the molecule is CCc1ccc(C(=S)NCc2ccc(Cl)cc2)cc1. The van der Waals surface area contributed by atoms with Crippen LogP contribution in [0.2, 0.25) is 5.02 Å². The number of nitrogens with one attached hydrogen (secondary N) is 1. The van der Waals surface area contributed by atoms with Gasteiger partial charge in [-0.3, -0.25) is 0 Å². The van der Waals surface area contributed by atoms with Crippen molar-refractivity contribution < 1.29 is 0 Å². The number of hydrogen-bond donors (Lipinski definition) is 1. The van der Waals surface area contributed by atoms with Gasteiger partial charge in [0.2, 0.25) is 0 Å². The molecule has 0 fully saturated rings. The van der Waals surface area contributed by atoms with E-state index in [1.807, 2.05) is 24.3 Å². The normalized spacial score (nSPS) is 10.2. The number of benzene rings is 2. The van der Waals surface area contributed by atoms with Crippen LogP contribution in [0.3, 0.4) is 0 Å². The van der Waals surface area contributed by atoms with E-state index in [1.165, 1.54) is 5.56 Å². The Morgan fingerprint density at radius 3 is 2.16 bits per heavy atom. The van der Waals surface area contributed by atoms with E-state index in [4.69, 9.17) is 23.8 Å². The highest BCUT2D eigenvalue weighted by atomic mass is 35.5. The Bertz CT molecular complexity index is 546. The van der Waals surface area contributed by atoms with Crippen LogP contribution in [-0.2, 0) is 13.0 Å². The lowest BCUT2D eigenvalue weighted by Crippen LogP contribution is -2.21. The van der Waals surface area contributed by atoms with Crippen molar-refractivity contribution >= 4 is 28.8 Å². The fraction of sp³-hybridized carbons (Fsp3) is 0.188. The van der Waals surface area contributed by atoms with E-state index in [0.717, 1.165) is 27.6 Å². The van der Waals surface area contributed by atoms with E-state index >= 15 is 0 Å². The summed E-state index contributed by atoms with van der Waals surface area (Å²) in [7, 11) is 0. The maximum Gasteiger partial charge on any atom is 0.106 e. The molecule has 0 aliphatic heterocycles. The number of aryl methyl sites for hydroxylation is 1. The number of halogens is 1. The average Bonchev–Trinajstić information content (AvgIpc) is 2.46. The molecular weight excluding hydrogens is 274 g/mol. The zero-order valence-electron chi connectivity index (χ0n) is 10.8. The molecule has 0 atom stereocenters. The minimum absolute atomic E-state index is 0.714. The van der Waals surface area contributed by atoms with Gasteiger partial charge in [0.15, 0.2) is 0 Å². The summed E-state index contributed by atoms with van der Waals surface area (Å²) in [6.07, 6.45) is 1.05. The second kappa shape index (κ2) is 6.69. The lowest BCUT2D eigenvalue weighted by Gasteiger charge is -2.09. The fourth-order valence-electron chi connectivity index (χ4n) is 1.78. The number of hydrogen-bond acceptors (Lipinski definition) is 1. The molecule has 0 saturated carbocycles. The number of thiocarbonyl (C=S) groups is 1. The summed E-state index contributed by atoms with van der Waals surface area (Å²) in [5.41, 5.74) is 3.54. The average molecular weight is 290 g/mol. The maximum atomic E-state index is 5.85. The fourth-order valence-corrected chi connectivity index (χ4v) is 2.11. The van der Waals surface area contributed by atoms with Gasteiger partial charge in [-0.15, -0.1) is 0 Å². The molecule has 1 nitrogen and oxygen atoms in total. The summed E-state index contributed by atoms with van der Waals surface area (Å²) in [5.74, 6) is 0. The Labute approximate surface area is 124 Å². The summed E-state index contributed by atoms with van der Waals surface area (Å²) >= 11 is 11.2. The highest BCUT2D eigenvalue weighted by molar-refractivity contribution is 7.80. The van der Waals surface area contributed by atoms with Crippen LogP contribution in [-0.4, -0.2) is 4.99 Å². The van der Waals surface area contributed by atoms with Gasteiger partial charge in [0.05, 0.1) is 0 Å². The van der Waals surface area contributed by atoms with Crippen LogP contribution in [0.15, 0.2) is 48.5 Å². The molecule has 0 spiro atoms. The first-order valence-electron chi connectivity index (χ1n) is 6.30. The van der Waals surface area contributed by atoms with Crippen molar-refractivity contribution in [3.8, 4) is 0 Å². The quantitative estimate of drug-likeness (QED) is 0.839. The Hall–Kier alpha value is -1.38. The van der Waals surface area contributed by atoms with Crippen LogP contribution in [0.5, 0.6) is 0 Å². The molecule has 2 aromatic rings. The Morgan fingerprint density at radius 2 is 1.58 bits per heavy atom. The van der Waals surface area contributed by atoms with E-state index in [-0.39, 0.29) is 0 Å². The van der Waals surface area contributed by atoms with Crippen LogP contribution in [0.4, 0.5) is 0 Å². The molecule has 0 aliphatic rings. The minimum Gasteiger partial charge on any atom is -0.372 e. The van der Waals surface area contributed by atoms with Gasteiger partial charge in [0.1, 0.15) is 4.99 Å². The van der Waals surface area contributed by atoms with Crippen molar-refractivity contribution in [2.45, 2.75) is 19.9 Å². The molecule has 19 heavy (non-hydrogen) atoms. The summed E-state index contributed by atoms with van der Waals surface area (Å²) in [6, 6.07) is 16.1. The lowest BCUT2D eigenvalue weighted by atomic mass is 10.1. The maximum absolute atomic E-state index is 5.85. The lowest BCUT2D eigenvalue weighted by molar-refractivity contribution is 0.928. The summed E-state index contributed by atoms with van der Waals surface area (Å²) in [5, 5.41) is 4.01. The van der Waals surface area contributed by atoms with Crippen LogP contribution in [0.25, 0.3) is 0 Å². The largest absolute Gasteiger partial charge is 0.372 e. The van der Waals surface area contributed by atoms with Gasteiger partial charge >= 0.3 is 0 Å². The summed E-state index contributed by atoms with van der Waals surface area (Å²) in [6.45, 7) is 2.86. The molecule has 0 amide bonds. The molecule has 0 aromatic heterocycles. The van der Waals surface area contributed by atoms with Crippen molar-refractivity contribution in [1.29, 1.82) is 0 Å². The molecule has 3 heteroatoms. The monoisotopic (exact) mass is 289 g/mol. The second-order valence-corrected chi connectivity index (χ2v) is 5.20. The van der Waals surface area contributed by atoms with Crippen molar-refractivity contribution in [2.24, 2.45) is 0 Å². The predicted octanol–water partition coefficient (Wildman–Crippen LogP) is 4.37. The molecule has 1 N–H and O–H groups in total. The summed E-state index contributed by atoms with van der Waals surface area (Å²) in [4.78, 5) is 0.776. The first kappa shape index (κ1) is 14.0. The van der Waals surface area contributed by atoms with E-state index in [9.17, 15) is 0 Å². The molecule has 0 bridgehead atoms. The Balaban J connectivity index is 1.95. The summed E-state index contributed by atoms with van der Waals surface area (Å²) < 4.78 is 0. The van der Waals surface area contributed by atoms with Gasteiger partial charge in [-0.1, -0.05) is 67.1 Å². The van der Waals surface area contributed by atoms with Crippen molar-refractivity contribution in [3.05, 3.63) is 70.2 Å². The van der Waals surface area contributed by atoms with Gasteiger partial charge in [-0.25, -0.2) is 0 Å². The van der Waals surface area contributed by atoms with E-state index in [2.05, 4.69) is 36.5 Å². The molecule has 0 aliphatic carbocycles. The predicted molar refractivity (Wildman–Crippen MR) is 85.8 cm³/mol. The van der Waals surface area contributed by atoms with Crippen molar-refractivity contribution in [1.82, 2.24) is 5.32 Å². The molecule has 2 aromatic carbocycles. The molecule has 2 rings (SSSR count). The first-order valence-corrected chi connectivity index (χ1v) is 7.09. The molecule has 0 heterocycles. The molecule has 0 unspecified atom stereocenters. The highest BCUT2D eigenvalue weighted by Crippen LogP contribution is 2.10. The molecule has 0 saturated heterocycles. The Kier molecular flexibility index (Phi) is 4.94. The van der Waals surface area contributed by atoms with Gasteiger partial charge in [0, 0.05) is 17.1 Å². The van der Waals surface area contributed by atoms with Crippen LogP contribution >= 0.6 is 23.8 Å². The Morgan fingerprint density at radius 1 is 1.00 bits per heavy atom. The van der Waals surface area contributed by atoms with Crippen LogP contribution in [0.1, 0.15) is 23.6 Å². The topological polar surface area (TPSA) is 12.0 Å². The second-order valence-electron chi connectivity index (χ2n) is 4.36. The third kappa shape index (κ3) is 4.05.